The summed E-state index contributed by atoms with van der Waals surface area (Å²) in [6, 6.07) is 13.8. The van der Waals surface area contributed by atoms with Gasteiger partial charge in [0.1, 0.15) is 12.7 Å². The van der Waals surface area contributed by atoms with Crippen LogP contribution in [0.1, 0.15) is 31.1 Å². The fourth-order valence-corrected chi connectivity index (χ4v) is 3.33. The highest BCUT2D eigenvalue weighted by atomic mass is 35.5. The van der Waals surface area contributed by atoms with Gasteiger partial charge in [-0.1, -0.05) is 23.7 Å². The van der Waals surface area contributed by atoms with Crippen LogP contribution in [0, 0.1) is 10.1 Å². The maximum Gasteiger partial charge on any atom is 0.269 e. The number of epoxide rings is 1. The van der Waals surface area contributed by atoms with Crippen molar-refractivity contribution in [2.75, 3.05) is 6.61 Å². The number of ether oxygens (including phenoxy) is 2. The minimum absolute atomic E-state index is 0.0298. The molecule has 6 nitrogen and oxygen atoms in total. The molecule has 7 heteroatoms. The summed E-state index contributed by atoms with van der Waals surface area (Å²) >= 11 is 5.98. The van der Waals surface area contributed by atoms with E-state index in [-0.39, 0.29) is 17.3 Å². The molecule has 1 fully saturated rings. The average Bonchev–Trinajstić information content (AvgIpc) is 3.26. The van der Waals surface area contributed by atoms with Crippen LogP contribution in [-0.4, -0.2) is 23.0 Å². The first-order valence-corrected chi connectivity index (χ1v) is 8.61. The molecule has 1 saturated heterocycles. The number of nitrogens with zero attached hydrogens (tertiary/aromatic N) is 2. The van der Waals surface area contributed by atoms with Gasteiger partial charge in [-0.3, -0.25) is 10.1 Å². The molecule has 0 aliphatic carbocycles. The Labute approximate surface area is 155 Å². The van der Waals surface area contributed by atoms with Crippen LogP contribution in [-0.2, 0) is 15.1 Å². The van der Waals surface area contributed by atoms with Crippen molar-refractivity contribution in [2.45, 2.75) is 31.1 Å². The van der Waals surface area contributed by atoms with E-state index in [9.17, 15) is 10.1 Å². The predicted octanol–water partition coefficient (Wildman–Crippen LogP) is 4.42. The van der Waals surface area contributed by atoms with Crippen LogP contribution in [0.4, 0.5) is 5.69 Å². The molecule has 2 atom stereocenters. The van der Waals surface area contributed by atoms with E-state index in [0.717, 1.165) is 11.1 Å². The van der Waals surface area contributed by atoms with E-state index in [4.69, 9.17) is 26.1 Å². The summed E-state index contributed by atoms with van der Waals surface area (Å²) in [5.74, 6) is 0.510. The summed E-state index contributed by atoms with van der Waals surface area (Å²) in [5, 5.41) is 11.6. The minimum Gasteiger partial charge on any atom is -0.476 e. The molecular weight excluding hydrogens is 356 g/mol. The Morgan fingerprint density at radius 1 is 1.15 bits per heavy atom. The van der Waals surface area contributed by atoms with E-state index in [2.05, 4.69) is 0 Å². The van der Waals surface area contributed by atoms with Crippen LogP contribution in [0.3, 0.4) is 0 Å². The zero-order chi connectivity index (χ0) is 18.5. The number of hydrogen-bond donors (Lipinski definition) is 0. The highest BCUT2D eigenvalue weighted by Crippen LogP contribution is 2.59. The fourth-order valence-electron chi connectivity index (χ4n) is 3.20. The summed E-state index contributed by atoms with van der Waals surface area (Å²) in [7, 11) is 0. The molecule has 0 radical (unpaired) electrons. The molecule has 0 amide bonds. The van der Waals surface area contributed by atoms with Gasteiger partial charge in [-0.05, 0) is 49.2 Å². The number of aliphatic imine (C=N–C) groups is 1. The van der Waals surface area contributed by atoms with Gasteiger partial charge in [0.25, 0.3) is 5.69 Å². The Morgan fingerprint density at radius 2 is 1.81 bits per heavy atom. The molecule has 0 spiro atoms. The maximum atomic E-state index is 11.0. The van der Waals surface area contributed by atoms with E-state index < -0.39 is 10.5 Å². The molecule has 0 bridgehead atoms. The first kappa shape index (κ1) is 17.0. The summed E-state index contributed by atoms with van der Waals surface area (Å²) in [5.41, 5.74) is 0.557. The lowest BCUT2D eigenvalue weighted by molar-refractivity contribution is -0.384. The van der Waals surface area contributed by atoms with Crippen molar-refractivity contribution in [3.63, 3.8) is 0 Å². The second-order valence-corrected chi connectivity index (χ2v) is 7.54. The molecular formula is C19H17ClN2O4. The van der Waals surface area contributed by atoms with Crippen molar-refractivity contribution in [1.82, 2.24) is 0 Å². The lowest BCUT2D eigenvalue weighted by Crippen LogP contribution is -2.23. The van der Waals surface area contributed by atoms with Crippen molar-refractivity contribution in [2.24, 2.45) is 4.99 Å². The smallest absolute Gasteiger partial charge is 0.269 e. The first-order valence-electron chi connectivity index (χ1n) is 8.23. The van der Waals surface area contributed by atoms with Gasteiger partial charge in [-0.25, -0.2) is 4.99 Å². The van der Waals surface area contributed by atoms with Crippen molar-refractivity contribution in [3.8, 4) is 0 Å². The van der Waals surface area contributed by atoms with Gasteiger partial charge < -0.3 is 9.47 Å². The molecule has 4 rings (SSSR count). The number of benzene rings is 2. The zero-order valence-corrected chi connectivity index (χ0v) is 15.1. The molecule has 26 heavy (non-hydrogen) atoms. The molecule has 0 saturated carbocycles. The molecule has 2 aromatic carbocycles. The number of nitro benzene ring substituents is 1. The van der Waals surface area contributed by atoms with Crippen molar-refractivity contribution in [3.05, 3.63) is 74.8 Å². The van der Waals surface area contributed by atoms with Crippen LogP contribution in [0.5, 0.6) is 0 Å². The first-order chi connectivity index (χ1) is 12.3. The van der Waals surface area contributed by atoms with E-state index in [1.165, 1.54) is 12.1 Å². The average molecular weight is 373 g/mol. The number of nitro groups is 1. The van der Waals surface area contributed by atoms with Crippen LogP contribution in [0.2, 0.25) is 5.02 Å². The Balaban J connectivity index is 1.76. The molecule has 2 aliphatic heterocycles. The normalized spacial score (nSPS) is 26.1. The summed E-state index contributed by atoms with van der Waals surface area (Å²) < 4.78 is 12.0. The van der Waals surface area contributed by atoms with Crippen molar-refractivity contribution < 1.29 is 14.4 Å². The third-order valence-electron chi connectivity index (χ3n) is 4.58. The van der Waals surface area contributed by atoms with Gasteiger partial charge in [0.15, 0.2) is 5.60 Å². The number of rotatable bonds is 4. The van der Waals surface area contributed by atoms with Crippen LogP contribution >= 0.6 is 11.6 Å². The molecule has 2 heterocycles. The largest absolute Gasteiger partial charge is 0.476 e. The van der Waals surface area contributed by atoms with Gasteiger partial charge in [-0.2, -0.15) is 0 Å². The second-order valence-electron chi connectivity index (χ2n) is 7.11. The molecule has 0 unspecified atom stereocenters. The Bertz CT molecular complexity index is 893. The number of halogens is 1. The Morgan fingerprint density at radius 3 is 2.35 bits per heavy atom. The quantitative estimate of drug-likeness (QED) is 0.452. The Hall–Kier alpha value is -2.44. The SMILES string of the molecule is CC1(C)COC([C@]2(c3ccc([N+](=O)[O-])cc3)O[C@H]2c2ccc(Cl)cc2)=N1. The lowest BCUT2D eigenvalue weighted by atomic mass is 9.91. The fraction of sp³-hybridized carbons (Fsp3) is 0.316. The standard InChI is InChI=1S/C19H17ClN2O4/c1-18(2)11-25-17(21-18)19(13-5-9-15(10-6-13)22(23)24)16(26-19)12-3-7-14(20)8-4-12/h3-10,16H,11H2,1-2H3/t16-,19+/m0/s1. The monoisotopic (exact) mass is 372 g/mol. The minimum atomic E-state index is -0.864. The van der Waals surface area contributed by atoms with E-state index in [0.29, 0.717) is 17.5 Å². The highest BCUT2D eigenvalue weighted by Gasteiger charge is 2.65. The van der Waals surface area contributed by atoms with Gasteiger partial charge in [-0.15, -0.1) is 0 Å². The highest BCUT2D eigenvalue weighted by molar-refractivity contribution is 6.30. The van der Waals surface area contributed by atoms with Crippen molar-refractivity contribution >= 4 is 23.2 Å². The molecule has 2 aromatic rings. The lowest BCUT2D eigenvalue weighted by Gasteiger charge is -2.13. The van der Waals surface area contributed by atoms with Crippen LogP contribution in [0.15, 0.2) is 53.5 Å². The van der Waals surface area contributed by atoms with Gasteiger partial charge in [0.2, 0.25) is 5.90 Å². The van der Waals surface area contributed by atoms with E-state index >= 15 is 0 Å². The van der Waals surface area contributed by atoms with Gasteiger partial charge in [0, 0.05) is 17.2 Å². The van der Waals surface area contributed by atoms with Gasteiger partial charge >= 0.3 is 0 Å². The summed E-state index contributed by atoms with van der Waals surface area (Å²) in [6.45, 7) is 4.44. The molecule has 134 valence electrons. The van der Waals surface area contributed by atoms with Crippen LogP contribution in [0.25, 0.3) is 0 Å². The number of non-ortho nitro benzene ring substituents is 1. The van der Waals surface area contributed by atoms with Crippen LogP contribution < -0.4 is 0 Å². The molecule has 2 aliphatic rings. The second kappa shape index (κ2) is 5.79. The zero-order valence-electron chi connectivity index (χ0n) is 14.3. The Kier molecular flexibility index (Phi) is 3.78. The summed E-state index contributed by atoms with van der Waals surface area (Å²) in [6.07, 6.45) is -0.283. The van der Waals surface area contributed by atoms with Crippen molar-refractivity contribution in [1.29, 1.82) is 0 Å². The third-order valence-corrected chi connectivity index (χ3v) is 4.83. The molecule has 0 N–H and O–H groups in total. The molecule has 0 aromatic heterocycles. The summed E-state index contributed by atoms with van der Waals surface area (Å²) in [4.78, 5) is 15.2. The maximum absolute atomic E-state index is 11.0. The van der Waals surface area contributed by atoms with E-state index in [1.54, 1.807) is 24.3 Å². The third kappa shape index (κ3) is 2.75. The number of hydrogen-bond acceptors (Lipinski definition) is 5. The van der Waals surface area contributed by atoms with Gasteiger partial charge in [0.05, 0.1) is 10.5 Å². The van der Waals surface area contributed by atoms with E-state index in [1.807, 2.05) is 26.0 Å². The topological polar surface area (TPSA) is 77.3 Å². The predicted molar refractivity (Wildman–Crippen MR) is 97.5 cm³/mol.